The van der Waals surface area contributed by atoms with E-state index in [1.54, 1.807) is 6.20 Å². The number of benzene rings is 1. The lowest BCUT2D eigenvalue weighted by molar-refractivity contribution is -0.000191. The predicted molar refractivity (Wildman–Crippen MR) is 78.9 cm³/mol. The van der Waals surface area contributed by atoms with Gasteiger partial charge >= 0.3 is 0 Å². The SMILES string of the molecule is c1ccc(Oc2ccccc2OCC2CNCCO2)nc1. The van der Waals surface area contributed by atoms with Crippen molar-refractivity contribution >= 4 is 0 Å². The number of para-hydroxylation sites is 2. The number of nitrogens with zero attached hydrogens (tertiary/aromatic N) is 1. The van der Waals surface area contributed by atoms with E-state index in [-0.39, 0.29) is 6.10 Å². The Balaban J connectivity index is 1.64. The van der Waals surface area contributed by atoms with Crippen molar-refractivity contribution in [2.24, 2.45) is 0 Å². The molecule has 1 atom stereocenters. The molecule has 110 valence electrons. The van der Waals surface area contributed by atoms with E-state index in [0.29, 0.717) is 24.0 Å². The third-order valence-electron chi connectivity index (χ3n) is 3.13. The van der Waals surface area contributed by atoms with Crippen LogP contribution in [0.4, 0.5) is 0 Å². The number of ether oxygens (including phenoxy) is 3. The van der Waals surface area contributed by atoms with Gasteiger partial charge < -0.3 is 19.5 Å². The van der Waals surface area contributed by atoms with Gasteiger partial charge in [-0.1, -0.05) is 18.2 Å². The summed E-state index contributed by atoms with van der Waals surface area (Å²) in [5.41, 5.74) is 0. The normalized spacial score (nSPS) is 18.2. The summed E-state index contributed by atoms with van der Waals surface area (Å²) in [6.07, 6.45) is 1.77. The van der Waals surface area contributed by atoms with Crippen molar-refractivity contribution in [1.82, 2.24) is 10.3 Å². The van der Waals surface area contributed by atoms with Crippen LogP contribution in [0.5, 0.6) is 17.4 Å². The molecule has 3 rings (SSSR count). The molecule has 2 aromatic rings. The second-order valence-electron chi connectivity index (χ2n) is 4.72. The number of aromatic nitrogens is 1. The molecule has 1 unspecified atom stereocenters. The molecule has 1 aliphatic rings. The van der Waals surface area contributed by atoms with E-state index in [1.807, 2.05) is 42.5 Å². The van der Waals surface area contributed by atoms with Gasteiger partial charge in [0.15, 0.2) is 11.5 Å². The molecule has 5 heteroatoms. The third kappa shape index (κ3) is 3.93. The van der Waals surface area contributed by atoms with Crippen LogP contribution < -0.4 is 14.8 Å². The highest BCUT2D eigenvalue weighted by atomic mass is 16.5. The first-order chi connectivity index (χ1) is 10.4. The fraction of sp³-hybridized carbons (Fsp3) is 0.312. The second-order valence-corrected chi connectivity index (χ2v) is 4.72. The largest absolute Gasteiger partial charge is 0.487 e. The number of hydrogen-bond donors (Lipinski definition) is 1. The summed E-state index contributed by atoms with van der Waals surface area (Å²) in [6, 6.07) is 13.1. The quantitative estimate of drug-likeness (QED) is 0.913. The summed E-state index contributed by atoms with van der Waals surface area (Å²) in [7, 11) is 0. The summed E-state index contributed by atoms with van der Waals surface area (Å²) >= 11 is 0. The molecule has 21 heavy (non-hydrogen) atoms. The Labute approximate surface area is 123 Å². The van der Waals surface area contributed by atoms with Gasteiger partial charge in [-0.05, 0) is 18.2 Å². The van der Waals surface area contributed by atoms with E-state index in [0.717, 1.165) is 19.7 Å². The van der Waals surface area contributed by atoms with Gasteiger partial charge in [-0.2, -0.15) is 0 Å². The van der Waals surface area contributed by atoms with Gasteiger partial charge in [0, 0.05) is 25.4 Å². The lowest BCUT2D eigenvalue weighted by Crippen LogP contribution is -2.41. The molecule has 1 fully saturated rings. The van der Waals surface area contributed by atoms with Gasteiger partial charge in [0.25, 0.3) is 0 Å². The molecule has 1 aromatic heterocycles. The van der Waals surface area contributed by atoms with Crippen molar-refractivity contribution in [3.63, 3.8) is 0 Å². The first-order valence-electron chi connectivity index (χ1n) is 7.05. The molecule has 2 heterocycles. The molecular formula is C16H18N2O3. The molecule has 0 spiro atoms. The Morgan fingerprint density at radius 1 is 1.14 bits per heavy atom. The van der Waals surface area contributed by atoms with E-state index in [9.17, 15) is 0 Å². The zero-order valence-electron chi connectivity index (χ0n) is 11.7. The van der Waals surface area contributed by atoms with Gasteiger partial charge in [-0.25, -0.2) is 4.98 Å². The minimum atomic E-state index is 0.0710. The number of rotatable bonds is 5. The second kappa shape index (κ2) is 7.06. The minimum absolute atomic E-state index is 0.0710. The van der Waals surface area contributed by atoms with Crippen LogP contribution in [-0.4, -0.2) is 37.4 Å². The van der Waals surface area contributed by atoms with Crippen LogP contribution >= 0.6 is 0 Å². The molecule has 1 aliphatic heterocycles. The van der Waals surface area contributed by atoms with Crippen molar-refractivity contribution in [2.45, 2.75) is 6.10 Å². The van der Waals surface area contributed by atoms with E-state index < -0.39 is 0 Å². The van der Waals surface area contributed by atoms with Gasteiger partial charge in [0.05, 0.1) is 6.61 Å². The maximum atomic E-state index is 5.83. The maximum Gasteiger partial charge on any atom is 0.219 e. The fourth-order valence-electron chi connectivity index (χ4n) is 2.08. The van der Waals surface area contributed by atoms with Crippen molar-refractivity contribution in [2.75, 3.05) is 26.3 Å². The van der Waals surface area contributed by atoms with Crippen LogP contribution in [0.1, 0.15) is 0 Å². The van der Waals surface area contributed by atoms with Crippen LogP contribution in [0, 0.1) is 0 Å². The number of nitrogens with one attached hydrogen (secondary N) is 1. The van der Waals surface area contributed by atoms with Gasteiger partial charge in [0.1, 0.15) is 12.7 Å². The van der Waals surface area contributed by atoms with E-state index in [1.165, 1.54) is 0 Å². The Bertz CT molecular complexity index is 556. The highest BCUT2D eigenvalue weighted by molar-refractivity contribution is 5.41. The zero-order valence-corrected chi connectivity index (χ0v) is 11.7. The summed E-state index contributed by atoms with van der Waals surface area (Å²) in [4.78, 5) is 4.15. The summed E-state index contributed by atoms with van der Waals surface area (Å²) in [5.74, 6) is 1.89. The van der Waals surface area contributed by atoms with Crippen molar-refractivity contribution in [3.8, 4) is 17.4 Å². The van der Waals surface area contributed by atoms with Crippen LogP contribution in [0.15, 0.2) is 48.7 Å². The average Bonchev–Trinajstić information content (AvgIpc) is 2.56. The molecule has 1 saturated heterocycles. The van der Waals surface area contributed by atoms with Crippen LogP contribution in [0.3, 0.4) is 0 Å². The molecule has 0 radical (unpaired) electrons. The maximum absolute atomic E-state index is 5.83. The van der Waals surface area contributed by atoms with Crippen LogP contribution in [-0.2, 0) is 4.74 Å². The molecule has 1 aromatic carbocycles. The Morgan fingerprint density at radius 3 is 2.76 bits per heavy atom. The van der Waals surface area contributed by atoms with E-state index in [4.69, 9.17) is 14.2 Å². The predicted octanol–water partition coefficient (Wildman–Crippen LogP) is 2.24. The smallest absolute Gasteiger partial charge is 0.219 e. The molecule has 5 nitrogen and oxygen atoms in total. The first-order valence-corrected chi connectivity index (χ1v) is 7.05. The number of hydrogen-bond acceptors (Lipinski definition) is 5. The van der Waals surface area contributed by atoms with Gasteiger partial charge in [0.2, 0.25) is 5.88 Å². The lowest BCUT2D eigenvalue weighted by atomic mass is 10.3. The monoisotopic (exact) mass is 286 g/mol. The van der Waals surface area contributed by atoms with Crippen LogP contribution in [0.25, 0.3) is 0 Å². The Morgan fingerprint density at radius 2 is 2.00 bits per heavy atom. The van der Waals surface area contributed by atoms with Crippen molar-refractivity contribution in [1.29, 1.82) is 0 Å². The summed E-state index contributed by atoms with van der Waals surface area (Å²) < 4.78 is 17.2. The number of pyridine rings is 1. The summed E-state index contributed by atoms with van der Waals surface area (Å²) in [5, 5.41) is 3.28. The van der Waals surface area contributed by atoms with E-state index in [2.05, 4.69) is 10.3 Å². The van der Waals surface area contributed by atoms with Gasteiger partial charge in [-0.3, -0.25) is 0 Å². The topological polar surface area (TPSA) is 52.6 Å². The number of morpholine rings is 1. The molecular weight excluding hydrogens is 268 g/mol. The molecule has 0 amide bonds. The molecule has 1 N–H and O–H groups in total. The zero-order chi connectivity index (χ0) is 14.3. The van der Waals surface area contributed by atoms with Crippen molar-refractivity contribution in [3.05, 3.63) is 48.7 Å². The molecule has 0 bridgehead atoms. The van der Waals surface area contributed by atoms with E-state index >= 15 is 0 Å². The highest BCUT2D eigenvalue weighted by Crippen LogP contribution is 2.30. The highest BCUT2D eigenvalue weighted by Gasteiger charge is 2.15. The Hall–Kier alpha value is -2.11. The Kier molecular flexibility index (Phi) is 4.66. The third-order valence-corrected chi connectivity index (χ3v) is 3.13. The standard InChI is InChI=1S/C16H18N2O3/c1-2-6-15(21-16-7-3-4-8-18-16)14(5-1)20-12-13-11-17-9-10-19-13/h1-8,13,17H,9-12H2. The van der Waals surface area contributed by atoms with Crippen LogP contribution in [0.2, 0.25) is 0 Å². The summed E-state index contributed by atoms with van der Waals surface area (Å²) in [6.45, 7) is 2.93. The fourth-order valence-corrected chi connectivity index (χ4v) is 2.08. The first kappa shape index (κ1) is 13.9. The minimum Gasteiger partial charge on any atom is -0.487 e. The average molecular weight is 286 g/mol. The lowest BCUT2D eigenvalue weighted by Gasteiger charge is -2.24. The van der Waals surface area contributed by atoms with Gasteiger partial charge in [-0.15, -0.1) is 0 Å². The van der Waals surface area contributed by atoms with Crippen molar-refractivity contribution < 1.29 is 14.2 Å². The molecule has 0 saturated carbocycles. The molecule has 0 aliphatic carbocycles.